The van der Waals surface area contributed by atoms with E-state index in [0.29, 0.717) is 5.13 Å². The summed E-state index contributed by atoms with van der Waals surface area (Å²) in [6.07, 6.45) is 3.16. The first kappa shape index (κ1) is 14.2. The van der Waals surface area contributed by atoms with Crippen molar-refractivity contribution in [1.82, 2.24) is 4.98 Å². The summed E-state index contributed by atoms with van der Waals surface area (Å²) in [6, 6.07) is 0. The van der Waals surface area contributed by atoms with E-state index >= 15 is 0 Å². The van der Waals surface area contributed by atoms with Gasteiger partial charge < -0.3 is 5.32 Å². The van der Waals surface area contributed by atoms with Crippen LogP contribution in [-0.2, 0) is 9.59 Å². The van der Waals surface area contributed by atoms with Gasteiger partial charge in [0.15, 0.2) is 10.9 Å². The Morgan fingerprint density at radius 1 is 1.45 bits per heavy atom. The van der Waals surface area contributed by atoms with Gasteiger partial charge in [0.2, 0.25) is 5.91 Å². The third-order valence-electron chi connectivity index (χ3n) is 5.78. The van der Waals surface area contributed by atoms with Gasteiger partial charge in [-0.15, -0.1) is 11.3 Å². The molecule has 3 rings (SSSR count). The van der Waals surface area contributed by atoms with Gasteiger partial charge >= 0.3 is 0 Å². The Bertz CT molecular complexity index is 586. The number of halogens is 1. The molecule has 0 radical (unpaired) electrons. The minimum absolute atomic E-state index is 0.0890. The van der Waals surface area contributed by atoms with E-state index in [9.17, 15) is 9.59 Å². The summed E-state index contributed by atoms with van der Waals surface area (Å²) in [7, 11) is 0. The molecule has 1 aromatic rings. The number of aromatic nitrogens is 1. The number of amides is 1. The van der Waals surface area contributed by atoms with E-state index in [4.69, 9.17) is 0 Å². The Kier molecular flexibility index (Phi) is 2.93. The van der Waals surface area contributed by atoms with Crippen molar-refractivity contribution in [3.63, 3.8) is 0 Å². The van der Waals surface area contributed by atoms with Crippen LogP contribution in [0.25, 0.3) is 0 Å². The quantitative estimate of drug-likeness (QED) is 0.827. The summed E-state index contributed by atoms with van der Waals surface area (Å²) in [6.45, 7) is 6.08. The summed E-state index contributed by atoms with van der Waals surface area (Å²) >= 11 is 4.90. The molecule has 108 valence electrons. The molecular weight excluding hydrogens is 340 g/mol. The van der Waals surface area contributed by atoms with Gasteiger partial charge in [-0.05, 0) is 18.3 Å². The molecule has 0 saturated heterocycles. The molecule has 2 saturated carbocycles. The standard InChI is InChI=1S/C14H17BrN2O2S/c1-12(2)13(3)4-5-14(12,8(15)9(13)18)10(19)17-11-16-6-7-20-11/h6-8H,4-5H2,1-3H3,(H,16,17,19). The van der Waals surface area contributed by atoms with Gasteiger partial charge in [0.05, 0.1) is 10.2 Å². The monoisotopic (exact) mass is 356 g/mol. The van der Waals surface area contributed by atoms with Gasteiger partial charge in [-0.2, -0.15) is 0 Å². The lowest BCUT2D eigenvalue weighted by atomic mass is 9.64. The predicted molar refractivity (Wildman–Crippen MR) is 82.0 cm³/mol. The van der Waals surface area contributed by atoms with E-state index < -0.39 is 15.7 Å². The Labute approximate surface area is 130 Å². The van der Waals surface area contributed by atoms with Gasteiger partial charge in [0, 0.05) is 17.0 Å². The lowest BCUT2D eigenvalue weighted by Gasteiger charge is -2.39. The third-order valence-corrected chi connectivity index (χ3v) is 7.66. The highest BCUT2D eigenvalue weighted by Crippen LogP contribution is 2.72. The van der Waals surface area contributed by atoms with E-state index in [1.165, 1.54) is 11.3 Å². The SMILES string of the molecule is CC12CCC(C(=O)Nc3nccs3)(C(Br)C1=O)C2(C)C. The number of alkyl halides is 1. The zero-order valence-corrected chi connectivity index (χ0v) is 14.1. The summed E-state index contributed by atoms with van der Waals surface area (Å²) in [5, 5.41) is 5.30. The zero-order chi connectivity index (χ0) is 14.8. The van der Waals surface area contributed by atoms with Crippen molar-refractivity contribution in [1.29, 1.82) is 0 Å². The van der Waals surface area contributed by atoms with Crippen LogP contribution in [0, 0.1) is 16.2 Å². The molecule has 2 aliphatic rings. The number of thiazole rings is 1. The van der Waals surface area contributed by atoms with Crippen molar-refractivity contribution in [3.05, 3.63) is 11.6 Å². The molecule has 1 heterocycles. The number of Topliss-reactive ketones (excluding diaryl/α,β-unsaturated/α-hetero) is 1. The first-order valence-corrected chi connectivity index (χ1v) is 8.46. The van der Waals surface area contributed by atoms with E-state index in [2.05, 4.69) is 26.2 Å². The zero-order valence-electron chi connectivity index (χ0n) is 11.7. The molecule has 0 aromatic carbocycles. The fraction of sp³-hybridized carbons (Fsp3) is 0.643. The molecule has 4 nitrogen and oxygen atoms in total. The fourth-order valence-corrected chi connectivity index (χ4v) is 5.99. The molecule has 0 spiro atoms. The number of ketones is 1. The lowest BCUT2D eigenvalue weighted by Crippen LogP contribution is -2.47. The third kappa shape index (κ3) is 1.39. The fourth-order valence-electron chi connectivity index (χ4n) is 3.95. The minimum Gasteiger partial charge on any atom is -0.301 e. The molecule has 0 aliphatic heterocycles. The molecular formula is C14H17BrN2O2S. The van der Waals surface area contributed by atoms with Crippen molar-refractivity contribution in [2.45, 2.75) is 38.4 Å². The minimum atomic E-state index is -0.690. The highest BCUT2D eigenvalue weighted by molar-refractivity contribution is 9.10. The second-order valence-electron chi connectivity index (χ2n) is 6.45. The average Bonchev–Trinajstić information content (AvgIpc) is 2.97. The molecule has 2 bridgehead atoms. The second kappa shape index (κ2) is 4.13. The normalized spacial score (nSPS) is 38.2. The smallest absolute Gasteiger partial charge is 0.234 e. The van der Waals surface area contributed by atoms with Crippen LogP contribution in [0.5, 0.6) is 0 Å². The van der Waals surface area contributed by atoms with Crippen molar-refractivity contribution in [3.8, 4) is 0 Å². The number of hydrogen-bond acceptors (Lipinski definition) is 4. The van der Waals surface area contributed by atoms with Crippen molar-refractivity contribution < 1.29 is 9.59 Å². The highest BCUT2D eigenvalue weighted by atomic mass is 79.9. The number of nitrogens with zero attached hydrogens (tertiary/aromatic N) is 1. The van der Waals surface area contributed by atoms with Crippen LogP contribution in [0.15, 0.2) is 11.6 Å². The molecule has 2 fully saturated rings. The predicted octanol–water partition coefficient (Wildman–Crippen LogP) is 3.24. The van der Waals surface area contributed by atoms with Crippen LogP contribution < -0.4 is 5.32 Å². The van der Waals surface area contributed by atoms with Crippen LogP contribution in [0.3, 0.4) is 0 Å². The molecule has 3 atom stereocenters. The second-order valence-corrected chi connectivity index (χ2v) is 8.26. The highest BCUT2D eigenvalue weighted by Gasteiger charge is 2.76. The van der Waals surface area contributed by atoms with E-state index in [1.807, 2.05) is 26.2 Å². The molecule has 6 heteroatoms. The Morgan fingerprint density at radius 2 is 2.15 bits per heavy atom. The molecule has 1 amide bonds. The van der Waals surface area contributed by atoms with Crippen molar-refractivity contribution in [2.75, 3.05) is 5.32 Å². The molecule has 2 aliphatic carbocycles. The number of nitrogens with one attached hydrogen (secondary N) is 1. The number of anilines is 1. The van der Waals surface area contributed by atoms with E-state index in [-0.39, 0.29) is 17.1 Å². The topological polar surface area (TPSA) is 59.1 Å². The Balaban J connectivity index is 2.02. The summed E-state index contributed by atoms with van der Waals surface area (Å²) < 4.78 is 0. The molecule has 20 heavy (non-hydrogen) atoms. The average molecular weight is 357 g/mol. The van der Waals surface area contributed by atoms with E-state index in [0.717, 1.165) is 12.8 Å². The Morgan fingerprint density at radius 3 is 2.65 bits per heavy atom. The summed E-state index contributed by atoms with van der Waals surface area (Å²) in [4.78, 5) is 29.1. The van der Waals surface area contributed by atoms with Crippen LogP contribution in [0.4, 0.5) is 5.13 Å². The summed E-state index contributed by atoms with van der Waals surface area (Å²) in [5.41, 5.74) is -1.49. The lowest BCUT2D eigenvalue weighted by molar-refractivity contribution is -0.130. The number of carbonyl (C=O) groups excluding carboxylic acids is 2. The maximum atomic E-state index is 12.9. The van der Waals surface area contributed by atoms with Gasteiger partial charge in [-0.25, -0.2) is 4.98 Å². The summed E-state index contributed by atoms with van der Waals surface area (Å²) in [5.74, 6) is 0.0666. The largest absolute Gasteiger partial charge is 0.301 e. The number of hydrogen-bond donors (Lipinski definition) is 1. The van der Waals surface area contributed by atoms with Crippen molar-refractivity contribution >= 4 is 44.1 Å². The van der Waals surface area contributed by atoms with Crippen LogP contribution in [0.1, 0.15) is 33.6 Å². The van der Waals surface area contributed by atoms with Gasteiger partial charge in [0.25, 0.3) is 0 Å². The maximum absolute atomic E-state index is 12.9. The molecule has 3 unspecified atom stereocenters. The van der Waals surface area contributed by atoms with Gasteiger partial charge in [-0.1, -0.05) is 36.7 Å². The van der Waals surface area contributed by atoms with E-state index in [1.54, 1.807) is 6.20 Å². The van der Waals surface area contributed by atoms with Gasteiger partial charge in [0.1, 0.15) is 0 Å². The molecule has 1 N–H and O–H groups in total. The van der Waals surface area contributed by atoms with Crippen LogP contribution >= 0.6 is 27.3 Å². The maximum Gasteiger partial charge on any atom is 0.234 e. The number of fused-ring (bicyclic) bond motifs is 2. The van der Waals surface area contributed by atoms with Crippen molar-refractivity contribution in [2.24, 2.45) is 16.2 Å². The molecule has 1 aromatic heterocycles. The number of rotatable bonds is 2. The van der Waals surface area contributed by atoms with Crippen LogP contribution in [-0.4, -0.2) is 21.5 Å². The van der Waals surface area contributed by atoms with Crippen LogP contribution in [0.2, 0.25) is 0 Å². The first-order chi connectivity index (χ1) is 9.27. The Hall–Kier alpha value is -0.750. The first-order valence-electron chi connectivity index (χ1n) is 6.67. The van der Waals surface area contributed by atoms with Gasteiger partial charge in [-0.3, -0.25) is 9.59 Å². The number of carbonyl (C=O) groups is 2.